The van der Waals surface area contributed by atoms with E-state index in [0.29, 0.717) is 35.2 Å². The smallest absolute Gasteiger partial charge is 0.225 e. The second-order valence-corrected chi connectivity index (χ2v) is 5.84. The van der Waals surface area contributed by atoms with Crippen LogP contribution in [-0.2, 0) is 11.2 Å². The average Bonchev–Trinajstić information content (AvgIpc) is 2.52. The summed E-state index contributed by atoms with van der Waals surface area (Å²) in [5, 5.41) is 6.71. The minimum atomic E-state index is -0.239. The Balaban J connectivity index is 1.68. The van der Waals surface area contributed by atoms with Crippen LogP contribution in [0.5, 0.6) is 0 Å². The SMILES string of the molecule is O=C(CCNCCc1ccc(F)cc1)Nc1c(Cl)cccc1Cl. The van der Waals surface area contributed by atoms with E-state index in [9.17, 15) is 9.18 Å². The fourth-order valence-corrected chi connectivity index (χ4v) is 2.52. The molecular formula is C17H17Cl2FN2O. The van der Waals surface area contributed by atoms with E-state index in [1.165, 1.54) is 12.1 Å². The molecule has 3 nitrogen and oxygen atoms in total. The number of hydrogen-bond donors (Lipinski definition) is 2. The van der Waals surface area contributed by atoms with Gasteiger partial charge in [-0.1, -0.05) is 41.4 Å². The van der Waals surface area contributed by atoms with Gasteiger partial charge in [0.05, 0.1) is 15.7 Å². The molecule has 122 valence electrons. The molecule has 1 amide bonds. The Morgan fingerprint density at radius 3 is 2.30 bits per heavy atom. The molecule has 0 unspecified atom stereocenters. The van der Waals surface area contributed by atoms with E-state index in [0.717, 1.165) is 12.0 Å². The van der Waals surface area contributed by atoms with E-state index >= 15 is 0 Å². The van der Waals surface area contributed by atoms with Crippen molar-refractivity contribution in [3.63, 3.8) is 0 Å². The minimum absolute atomic E-state index is 0.158. The van der Waals surface area contributed by atoms with E-state index in [4.69, 9.17) is 23.2 Å². The Labute approximate surface area is 144 Å². The largest absolute Gasteiger partial charge is 0.324 e. The fraction of sp³-hybridized carbons (Fsp3) is 0.235. The molecule has 2 aromatic rings. The molecule has 2 aromatic carbocycles. The Morgan fingerprint density at radius 1 is 1.00 bits per heavy atom. The van der Waals surface area contributed by atoms with Crippen LogP contribution in [-0.4, -0.2) is 19.0 Å². The van der Waals surface area contributed by atoms with Gasteiger partial charge >= 0.3 is 0 Å². The number of carbonyl (C=O) groups excluding carboxylic acids is 1. The van der Waals surface area contributed by atoms with E-state index in [1.807, 2.05) is 0 Å². The molecule has 23 heavy (non-hydrogen) atoms. The van der Waals surface area contributed by atoms with Crippen molar-refractivity contribution in [3.8, 4) is 0 Å². The van der Waals surface area contributed by atoms with Gasteiger partial charge in [-0.2, -0.15) is 0 Å². The summed E-state index contributed by atoms with van der Waals surface area (Å²) in [5.41, 5.74) is 1.48. The first-order chi connectivity index (χ1) is 11.1. The van der Waals surface area contributed by atoms with Crippen LogP contribution in [0.2, 0.25) is 10.0 Å². The van der Waals surface area contributed by atoms with Crippen molar-refractivity contribution >= 4 is 34.8 Å². The van der Waals surface area contributed by atoms with Gasteiger partial charge in [0.1, 0.15) is 5.82 Å². The number of benzene rings is 2. The zero-order valence-corrected chi connectivity index (χ0v) is 13.9. The van der Waals surface area contributed by atoms with Crippen molar-refractivity contribution in [2.24, 2.45) is 0 Å². The quantitative estimate of drug-likeness (QED) is 0.728. The van der Waals surface area contributed by atoms with Crippen molar-refractivity contribution < 1.29 is 9.18 Å². The number of amides is 1. The topological polar surface area (TPSA) is 41.1 Å². The Kier molecular flexibility index (Phi) is 6.84. The molecule has 0 atom stereocenters. The molecule has 0 bridgehead atoms. The van der Waals surface area contributed by atoms with E-state index in [-0.39, 0.29) is 11.7 Å². The standard InChI is InChI=1S/C17H17Cl2FN2O/c18-14-2-1-3-15(19)17(14)22-16(23)9-11-21-10-8-12-4-6-13(20)7-5-12/h1-7,21H,8-11H2,(H,22,23). The van der Waals surface area contributed by atoms with Gasteiger partial charge in [-0.15, -0.1) is 0 Å². The molecule has 0 radical (unpaired) electrons. The Bertz CT molecular complexity index is 642. The van der Waals surface area contributed by atoms with Crippen LogP contribution in [0.25, 0.3) is 0 Å². The predicted octanol–water partition coefficient (Wildman–Crippen LogP) is 4.29. The summed E-state index contributed by atoms with van der Waals surface area (Å²) in [6.07, 6.45) is 1.09. The monoisotopic (exact) mass is 354 g/mol. The highest BCUT2D eigenvalue weighted by molar-refractivity contribution is 6.39. The molecule has 0 aliphatic heterocycles. The van der Waals surface area contributed by atoms with Gasteiger partial charge in [0, 0.05) is 13.0 Å². The first-order valence-electron chi connectivity index (χ1n) is 7.25. The molecule has 0 spiro atoms. The third-order valence-corrected chi connectivity index (χ3v) is 3.89. The van der Waals surface area contributed by atoms with Crippen molar-refractivity contribution in [2.75, 3.05) is 18.4 Å². The highest BCUT2D eigenvalue weighted by atomic mass is 35.5. The van der Waals surface area contributed by atoms with Crippen molar-refractivity contribution in [2.45, 2.75) is 12.8 Å². The lowest BCUT2D eigenvalue weighted by molar-refractivity contribution is -0.116. The van der Waals surface area contributed by atoms with Crippen LogP contribution in [0.4, 0.5) is 10.1 Å². The van der Waals surface area contributed by atoms with Crippen LogP contribution in [0, 0.1) is 5.82 Å². The lowest BCUT2D eigenvalue weighted by Crippen LogP contribution is -2.23. The van der Waals surface area contributed by atoms with Gasteiger partial charge in [0.2, 0.25) is 5.91 Å². The molecule has 2 N–H and O–H groups in total. The summed E-state index contributed by atoms with van der Waals surface area (Å²) in [6, 6.07) is 11.4. The lowest BCUT2D eigenvalue weighted by Gasteiger charge is -2.09. The number of hydrogen-bond acceptors (Lipinski definition) is 2. The molecule has 6 heteroatoms. The molecule has 0 saturated carbocycles. The molecule has 2 rings (SSSR count). The molecule has 0 heterocycles. The number of rotatable bonds is 7. The number of anilines is 1. The van der Waals surface area contributed by atoms with Crippen LogP contribution >= 0.6 is 23.2 Å². The maximum atomic E-state index is 12.8. The predicted molar refractivity (Wildman–Crippen MR) is 92.7 cm³/mol. The van der Waals surface area contributed by atoms with Gasteiger partial charge in [-0.05, 0) is 42.8 Å². The molecule has 0 fully saturated rings. The number of nitrogens with one attached hydrogen (secondary N) is 2. The summed E-state index contributed by atoms with van der Waals surface area (Å²) in [4.78, 5) is 11.9. The number of halogens is 3. The van der Waals surface area contributed by atoms with Crippen LogP contribution < -0.4 is 10.6 Å². The highest BCUT2D eigenvalue weighted by Crippen LogP contribution is 2.29. The van der Waals surface area contributed by atoms with E-state index in [2.05, 4.69) is 10.6 Å². The zero-order chi connectivity index (χ0) is 16.7. The van der Waals surface area contributed by atoms with Crippen molar-refractivity contribution in [3.05, 3.63) is 63.9 Å². The number of carbonyl (C=O) groups is 1. The minimum Gasteiger partial charge on any atom is -0.324 e. The Hall–Kier alpha value is -1.62. The second kappa shape index (κ2) is 8.87. The van der Waals surface area contributed by atoms with Gasteiger partial charge in [0.15, 0.2) is 0 Å². The summed E-state index contributed by atoms with van der Waals surface area (Å²) in [6.45, 7) is 1.25. The molecule has 0 saturated heterocycles. The van der Waals surface area contributed by atoms with Gasteiger partial charge in [-0.25, -0.2) is 4.39 Å². The maximum absolute atomic E-state index is 12.8. The zero-order valence-electron chi connectivity index (χ0n) is 12.4. The van der Waals surface area contributed by atoms with Crippen molar-refractivity contribution in [1.82, 2.24) is 5.32 Å². The first-order valence-corrected chi connectivity index (χ1v) is 8.01. The second-order valence-electron chi connectivity index (χ2n) is 5.02. The fourth-order valence-electron chi connectivity index (χ4n) is 2.03. The highest BCUT2D eigenvalue weighted by Gasteiger charge is 2.09. The lowest BCUT2D eigenvalue weighted by atomic mass is 10.1. The summed E-state index contributed by atoms with van der Waals surface area (Å²) in [7, 11) is 0. The maximum Gasteiger partial charge on any atom is 0.225 e. The summed E-state index contributed by atoms with van der Waals surface area (Å²) < 4.78 is 12.8. The van der Waals surface area contributed by atoms with Crippen molar-refractivity contribution in [1.29, 1.82) is 0 Å². The van der Waals surface area contributed by atoms with Crippen LogP contribution in [0.15, 0.2) is 42.5 Å². The third-order valence-electron chi connectivity index (χ3n) is 3.26. The molecule has 0 aliphatic rings. The van der Waals surface area contributed by atoms with Gasteiger partial charge in [-0.3, -0.25) is 4.79 Å². The van der Waals surface area contributed by atoms with Gasteiger partial charge < -0.3 is 10.6 Å². The summed E-state index contributed by atoms with van der Waals surface area (Å²) in [5.74, 6) is -0.397. The molecule has 0 aromatic heterocycles. The average molecular weight is 355 g/mol. The third kappa shape index (κ3) is 5.82. The normalized spacial score (nSPS) is 10.6. The van der Waals surface area contributed by atoms with E-state index < -0.39 is 0 Å². The molecular weight excluding hydrogens is 338 g/mol. The van der Waals surface area contributed by atoms with Crippen LogP contribution in [0.1, 0.15) is 12.0 Å². The van der Waals surface area contributed by atoms with Gasteiger partial charge in [0.25, 0.3) is 0 Å². The van der Waals surface area contributed by atoms with Crippen LogP contribution in [0.3, 0.4) is 0 Å². The van der Waals surface area contributed by atoms with E-state index in [1.54, 1.807) is 30.3 Å². The molecule has 0 aliphatic carbocycles. The first kappa shape index (κ1) is 17.7. The number of para-hydroxylation sites is 1. The Morgan fingerprint density at radius 2 is 1.65 bits per heavy atom. The summed E-state index contributed by atoms with van der Waals surface area (Å²) >= 11 is 12.0.